The van der Waals surface area contributed by atoms with Crippen LogP contribution in [0.2, 0.25) is 0 Å². The maximum Gasteiger partial charge on any atom is 0.416 e. The Morgan fingerprint density at radius 2 is 1.64 bits per heavy atom. The first-order valence-electron chi connectivity index (χ1n) is 12.2. The zero-order valence-electron chi connectivity index (χ0n) is 21.3. The number of nitrogens with zero attached hydrogens (tertiary/aromatic N) is 1. The molecule has 6 nitrogen and oxygen atoms in total. The second kappa shape index (κ2) is 11.4. The van der Waals surface area contributed by atoms with E-state index >= 15 is 0 Å². The summed E-state index contributed by atoms with van der Waals surface area (Å²) in [6.07, 6.45) is -0.706. The maximum absolute atomic E-state index is 13.1. The Kier molecular flexibility index (Phi) is 8.20. The van der Waals surface area contributed by atoms with E-state index in [-0.39, 0.29) is 18.0 Å². The van der Waals surface area contributed by atoms with Crippen LogP contribution in [0.15, 0.2) is 60.7 Å². The number of anilines is 3. The highest BCUT2D eigenvalue weighted by Gasteiger charge is 2.31. The molecule has 0 saturated heterocycles. The van der Waals surface area contributed by atoms with Crippen LogP contribution in [0, 0.1) is 0 Å². The second-order valence-corrected chi connectivity index (χ2v) is 9.08. The van der Waals surface area contributed by atoms with E-state index in [1.165, 1.54) is 12.1 Å². The molecule has 3 aromatic carbocycles. The molecule has 0 radical (unpaired) electrons. The summed E-state index contributed by atoms with van der Waals surface area (Å²) < 4.78 is 50.2. The van der Waals surface area contributed by atoms with Crippen molar-refractivity contribution in [1.29, 1.82) is 0 Å². The van der Waals surface area contributed by atoms with E-state index in [4.69, 9.17) is 14.5 Å². The lowest BCUT2D eigenvalue weighted by Crippen LogP contribution is -2.14. The fraction of sp³-hybridized carbons (Fsp3) is 0.241. The van der Waals surface area contributed by atoms with Gasteiger partial charge in [-0.1, -0.05) is 6.07 Å². The maximum atomic E-state index is 13.1. The molecule has 5 rings (SSSR count). The van der Waals surface area contributed by atoms with Gasteiger partial charge < -0.3 is 20.1 Å². The first-order valence-corrected chi connectivity index (χ1v) is 12.2. The number of hydrogen-bond acceptors (Lipinski definition) is 5. The number of methoxy groups -OCH3 is 2. The van der Waals surface area contributed by atoms with Gasteiger partial charge in [-0.25, -0.2) is 0 Å². The number of halogens is 4. The number of pyridine rings is 1. The third-order valence-electron chi connectivity index (χ3n) is 6.62. The summed E-state index contributed by atoms with van der Waals surface area (Å²) in [5.74, 6) is 0.564. The average Bonchev–Trinajstić information content (AvgIpc) is 2.92. The normalized spacial score (nSPS) is 12.7. The minimum Gasteiger partial charge on any atom is -0.493 e. The quantitative estimate of drug-likeness (QED) is 0.256. The van der Waals surface area contributed by atoms with Crippen LogP contribution in [0.3, 0.4) is 0 Å². The average molecular weight is 558 g/mol. The van der Waals surface area contributed by atoms with Gasteiger partial charge in [0.2, 0.25) is 0 Å². The van der Waals surface area contributed by atoms with Gasteiger partial charge in [-0.2, -0.15) is 13.2 Å². The molecule has 39 heavy (non-hydrogen) atoms. The van der Waals surface area contributed by atoms with Crippen LogP contribution in [0.5, 0.6) is 11.5 Å². The summed E-state index contributed by atoms with van der Waals surface area (Å²) in [5, 5.41) is 7.05. The SMILES string of the molecule is COc1ccc(Nc2c3c(nc4ccc(NC(=O)c5cccc(C(F)(F)F)c5)cc24)CCCC3)cc1OC.Cl. The van der Waals surface area contributed by atoms with Crippen molar-refractivity contribution >= 4 is 46.3 Å². The lowest BCUT2D eigenvalue weighted by atomic mass is 9.92. The second-order valence-electron chi connectivity index (χ2n) is 9.08. The van der Waals surface area contributed by atoms with Crippen molar-refractivity contribution < 1.29 is 27.4 Å². The van der Waals surface area contributed by atoms with E-state index in [1.807, 2.05) is 24.3 Å². The number of benzene rings is 3. The van der Waals surface area contributed by atoms with Crippen LogP contribution in [0.4, 0.5) is 30.2 Å². The van der Waals surface area contributed by atoms with Gasteiger partial charge in [0.1, 0.15) is 0 Å². The smallest absolute Gasteiger partial charge is 0.416 e. The summed E-state index contributed by atoms with van der Waals surface area (Å²) in [7, 11) is 3.15. The molecule has 1 aliphatic carbocycles. The lowest BCUT2D eigenvalue weighted by Gasteiger charge is -2.22. The molecule has 0 unspecified atom stereocenters. The minimum atomic E-state index is -4.53. The first kappa shape index (κ1) is 28.0. The zero-order valence-corrected chi connectivity index (χ0v) is 22.1. The molecule has 10 heteroatoms. The highest BCUT2D eigenvalue weighted by atomic mass is 35.5. The number of carbonyl (C=O) groups excluding carboxylic acids is 1. The molecule has 0 saturated carbocycles. The summed E-state index contributed by atoms with van der Waals surface area (Å²) in [4.78, 5) is 17.7. The molecule has 0 spiro atoms. The van der Waals surface area contributed by atoms with E-state index in [0.29, 0.717) is 17.2 Å². The third-order valence-corrected chi connectivity index (χ3v) is 6.62. The Labute approximate surface area is 229 Å². The number of hydrogen-bond donors (Lipinski definition) is 2. The molecule has 4 aromatic rings. The van der Waals surface area contributed by atoms with Gasteiger partial charge in [0.25, 0.3) is 5.91 Å². The van der Waals surface area contributed by atoms with Crippen molar-refractivity contribution in [1.82, 2.24) is 4.98 Å². The molecule has 1 heterocycles. The van der Waals surface area contributed by atoms with Crippen LogP contribution < -0.4 is 20.1 Å². The molecule has 1 amide bonds. The van der Waals surface area contributed by atoms with Gasteiger partial charge in [0.05, 0.1) is 31.0 Å². The monoisotopic (exact) mass is 557 g/mol. The van der Waals surface area contributed by atoms with Gasteiger partial charge in [-0.15, -0.1) is 12.4 Å². The van der Waals surface area contributed by atoms with Crippen molar-refractivity contribution in [2.24, 2.45) is 0 Å². The standard InChI is InChI=1S/C29H26F3N3O3.ClH/c1-37-25-13-11-20(16-26(25)38-2)33-27-21-8-3-4-9-23(21)35-24-12-10-19(15-22(24)27)34-28(36)17-6-5-7-18(14-17)29(30,31)32;/h5-7,10-16H,3-4,8-9H2,1-2H3,(H,33,35)(H,34,36);1H. The van der Waals surface area contributed by atoms with E-state index < -0.39 is 17.6 Å². The fourth-order valence-electron chi connectivity index (χ4n) is 4.74. The number of aromatic nitrogens is 1. The van der Waals surface area contributed by atoms with Crippen LogP contribution >= 0.6 is 12.4 Å². The zero-order chi connectivity index (χ0) is 26.9. The molecule has 0 bridgehead atoms. The van der Waals surface area contributed by atoms with Gasteiger partial charge in [-0.3, -0.25) is 9.78 Å². The lowest BCUT2D eigenvalue weighted by molar-refractivity contribution is -0.137. The number of rotatable bonds is 6. The van der Waals surface area contributed by atoms with Crippen molar-refractivity contribution in [2.75, 3.05) is 24.9 Å². The summed E-state index contributed by atoms with van der Waals surface area (Å²) >= 11 is 0. The van der Waals surface area contributed by atoms with Gasteiger partial charge in [0.15, 0.2) is 11.5 Å². The van der Waals surface area contributed by atoms with Crippen molar-refractivity contribution in [3.63, 3.8) is 0 Å². The number of amides is 1. The molecule has 0 fully saturated rings. The first-order chi connectivity index (χ1) is 18.3. The molecule has 0 aliphatic heterocycles. The Morgan fingerprint density at radius 3 is 2.38 bits per heavy atom. The fourth-order valence-corrected chi connectivity index (χ4v) is 4.74. The molecule has 1 aromatic heterocycles. The van der Waals surface area contributed by atoms with Gasteiger partial charge in [0, 0.05) is 34.1 Å². The summed E-state index contributed by atoms with van der Waals surface area (Å²) in [6.45, 7) is 0. The summed E-state index contributed by atoms with van der Waals surface area (Å²) in [6, 6.07) is 15.2. The van der Waals surface area contributed by atoms with Crippen LogP contribution in [0.1, 0.15) is 40.0 Å². The van der Waals surface area contributed by atoms with Gasteiger partial charge >= 0.3 is 6.18 Å². The highest BCUT2D eigenvalue weighted by molar-refractivity contribution is 6.06. The predicted octanol–water partition coefficient (Wildman–Crippen LogP) is 7.57. The van der Waals surface area contributed by atoms with Crippen molar-refractivity contribution in [3.8, 4) is 11.5 Å². The number of nitrogens with one attached hydrogen (secondary N) is 2. The number of alkyl halides is 3. The van der Waals surface area contributed by atoms with Crippen molar-refractivity contribution in [3.05, 3.63) is 83.0 Å². The number of ether oxygens (including phenoxy) is 2. The topological polar surface area (TPSA) is 72.5 Å². The number of fused-ring (bicyclic) bond motifs is 2. The summed E-state index contributed by atoms with van der Waals surface area (Å²) in [5.41, 5.74) is 4.08. The van der Waals surface area contributed by atoms with Crippen LogP contribution in [0.25, 0.3) is 10.9 Å². The van der Waals surface area contributed by atoms with E-state index in [9.17, 15) is 18.0 Å². The van der Waals surface area contributed by atoms with E-state index in [1.54, 1.807) is 26.4 Å². The molecule has 204 valence electrons. The molecule has 0 atom stereocenters. The Hall–Kier alpha value is -3.98. The van der Waals surface area contributed by atoms with E-state index in [2.05, 4.69) is 10.6 Å². The number of aryl methyl sites for hydroxylation is 1. The third kappa shape index (κ3) is 5.88. The Bertz CT molecular complexity index is 1530. The highest BCUT2D eigenvalue weighted by Crippen LogP contribution is 2.38. The van der Waals surface area contributed by atoms with E-state index in [0.717, 1.165) is 71.4 Å². The largest absolute Gasteiger partial charge is 0.493 e. The Morgan fingerprint density at radius 1 is 0.897 bits per heavy atom. The minimum absolute atomic E-state index is 0. The van der Waals surface area contributed by atoms with Crippen LogP contribution in [-0.4, -0.2) is 25.1 Å². The molecular formula is C29H27ClF3N3O3. The van der Waals surface area contributed by atoms with Crippen LogP contribution in [-0.2, 0) is 19.0 Å². The molecule has 2 N–H and O–H groups in total. The number of carbonyl (C=O) groups is 1. The molecule has 1 aliphatic rings. The molecular weight excluding hydrogens is 531 g/mol. The predicted molar refractivity (Wildman–Crippen MR) is 148 cm³/mol. The Balaban J connectivity index is 0.00000353. The van der Waals surface area contributed by atoms with Gasteiger partial charge in [-0.05, 0) is 79.8 Å². The van der Waals surface area contributed by atoms with Crippen molar-refractivity contribution in [2.45, 2.75) is 31.9 Å².